The maximum Gasteiger partial charge on any atom is 0.245 e. The summed E-state index contributed by atoms with van der Waals surface area (Å²) < 4.78 is 51.7. The average molecular weight is 426 g/mol. The predicted molar refractivity (Wildman–Crippen MR) is 103 cm³/mol. The lowest BCUT2D eigenvalue weighted by Gasteiger charge is -2.37. The first-order chi connectivity index (χ1) is 13.7. The van der Waals surface area contributed by atoms with Crippen LogP contribution in [0.1, 0.15) is 32.1 Å². The van der Waals surface area contributed by atoms with Crippen LogP contribution in [0.25, 0.3) is 0 Å². The van der Waals surface area contributed by atoms with Crippen molar-refractivity contribution in [2.75, 3.05) is 31.2 Å². The van der Waals surface area contributed by atoms with Crippen molar-refractivity contribution in [1.29, 1.82) is 5.26 Å². The number of nitriles is 1. The number of halogens is 2. The summed E-state index contributed by atoms with van der Waals surface area (Å²) in [6.07, 6.45) is 6.35. The van der Waals surface area contributed by atoms with Gasteiger partial charge in [-0.15, -0.1) is 0 Å². The van der Waals surface area contributed by atoms with E-state index in [0.717, 1.165) is 25.2 Å². The van der Waals surface area contributed by atoms with E-state index in [-0.39, 0.29) is 17.6 Å². The van der Waals surface area contributed by atoms with E-state index < -0.39 is 32.4 Å². The number of nitrogens with zero attached hydrogens (tertiary/aromatic N) is 3. The van der Waals surface area contributed by atoms with Crippen LogP contribution in [0.5, 0.6) is 0 Å². The van der Waals surface area contributed by atoms with Crippen LogP contribution in [-0.4, -0.2) is 62.1 Å². The van der Waals surface area contributed by atoms with Gasteiger partial charge in [0.05, 0.1) is 5.69 Å². The van der Waals surface area contributed by atoms with Gasteiger partial charge in [-0.2, -0.15) is 5.26 Å². The number of benzene rings is 1. The van der Waals surface area contributed by atoms with Gasteiger partial charge in [-0.05, 0) is 38.2 Å². The lowest BCUT2D eigenvalue weighted by molar-refractivity contribution is -0.134. The topological polar surface area (TPSA) is 93.5 Å². The number of carbonyl (C=O) groups is 1. The molecule has 0 saturated carbocycles. The molecule has 2 heterocycles. The number of amides is 1. The Hall–Kier alpha value is -2.41. The number of sulfone groups is 1. The summed E-state index contributed by atoms with van der Waals surface area (Å²) in [5.74, 6) is -2.15. The third kappa shape index (κ3) is 4.78. The third-order valence-corrected chi connectivity index (χ3v) is 6.63. The lowest BCUT2D eigenvalue weighted by atomic mass is 10.0. The van der Waals surface area contributed by atoms with Gasteiger partial charge in [-0.1, -0.05) is 0 Å². The van der Waals surface area contributed by atoms with Crippen molar-refractivity contribution in [3.63, 3.8) is 0 Å². The molecule has 2 fully saturated rings. The summed E-state index contributed by atoms with van der Waals surface area (Å²) >= 11 is 0. The second-order valence-electron chi connectivity index (χ2n) is 7.58. The number of nitrogens with one attached hydrogen (secondary N) is 1. The molecule has 10 heteroatoms. The van der Waals surface area contributed by atoms with Crippen LogP contribution in [0.15, 0.2) is 17.0 Å². The highest BCUT2D eigenvalue weighted by Crippen LogP contribution is 2.27. The highest BCUT2D eigenvalue weighted by molar-refractivity contribution is 7.90. The van der Waals surface area contributed by atoms with Gasteiger partial charge in [-0.3, -0.25) is 4.79 Å². The molecular formula is C19H24F2N4O3S. The minimum Gasteiger partial charge on any atom is -0.371 e. The molecule has 0 aliphatic carbocycles. The van der Waals surface area contributed by atoms with Crippen molar-refractivity contribution >= 4 is 21.4 Å². The average Bonchev–Trinajstić information content (AvgIpc) is 2.85. The molecular weight excluding hydrogens is 402 g/mol. The van der Waals surface area contributed by atoms with E-state index in [2.05, 4.69) is 11.5 Å². The molecule has 0 aromatic heterocycles. The summed E-state index contributed by atoms with van der Waals surface area (Å²) in [7, 11) is -3.90. The van der Waals surface area contributed by atoms with Crippen LogP contribution >= 0.6 is 0 Å². The van der Waals surface area contributed by atoms with Crippen molar-refractivity contribution < 1.29 is 22.0 Å². The third-order valence-electron chi connectivity index (χ3n) is 5.52. The molecule has 1 aromatic rings. The fraction of sp³-hybridized carbons (Fsp3) is 0.579. The predicted octanol–water partition coefficient (Wildman–Crippen LogP) is 2.11. The van der Waals surface area contributed by atoms with E-state index in [1.807, 2.05) is 0 Å². The number of hydrogen-bond donors (Lipinski definition) is 1. The van der Waals surface area contributed by atoms with Crippen LogP contribution < -0.4 is 5.32 Å². The SMILES string of the molecule is CS(=O)(=O)c1cc(F)c(N[C@H]2CCCCN(C3CCN(C#N)CC3)C2=O)cc1F. The zero-order chi connectivity index (χ0) is 21.2. The van der Waals surface area contributed by atoms with Gasteiger partial charge < -0.3 is 15.1 Å². The Morgan fingerprint density at radius 2 is 1.79 bits per heavy atom. The molecule has 1 amide bonds. The van der Waals surface area contributed by atoms with E-state index in [1.54, 1.807) is 9.80 Å². The van der Waals surface area contributed by atoms with E-state index in [1.165, 1.54) is 0 Å². The highest BCUT2D eigenvalue weighted by atomic mass is 32.2. The van der Waals surface area contributed by atoms with Crippen molar-refractivity contribution in [3.05, 3.63) is 23.8 Å². The Kier molecular flexibility index (Phi) is 6.27. The number of likely N-dealkylation sites (tertiary alicyclic amines) is 2. The number of rotatable bonds is 4. The summed E-state index contributed by atoms with van der Waals surface area (Å²) in [6.45, 7) is 1.78. The van der Waals surface area contributed by atoms with Crippen LogP contribution in [0.2, 0.25) is 0 Å². The summed E-state index contributed by atoms with van der Waals surface area (Å²) in [5, 5.41) is 11.8. The number of piperidine rings is 1. The van der Waals surface area contributed by atoms with Gasteiger partial charge in [0, 0.05) is 38.0 Å². The molecule has 1 atom stereocenters. The number of hydrogen-bond acceptors (Lipinski definition) is 6. The molecule has 7 nitrogen and oxygen atoms in total. The molecule has 1 aromatic carbocycles. The molecule has 1 N–H and O–H groups in total. The minimum absolute atomic E-state index is 0.0173. The first-order valence-electron chi connectivity index (χ1n) is 9.61. The van der Waals surface area contributed by atoms with Gasteiger partial charge in [0.15, 0.2) is 16.0 Å². The van der Waals surface area contributed by atoms with E-state index in [9.17, 15) is 22.0 Å². The van der Waals surface area contributed by atoms with Crippen molar-refractivity contribution in [2.45, 2.75) is 49.1 Å². The second-order valence-corrected chi connectivity index (χ2v) is 9.56. The molecule has 3 rings (SSSR count). The monoisotopic (exact) mass is 426 g/mol. The first-order valence-corrected chi connectivity index (χ1v) is 11.5. The molecule has 0 radical (unpaired) electrons. The fourth-order valence-electron chi connectivity index (χ4n) is 3.95. The van der Waals surface area contributed by atoms with E-state index in [4.69, 9.17) is 5.26 Å². The molecule has 0 spiro atoms. The van der Waals surface area contributed by atoms with Gasteiger partial charge in [0.25, 0.3) is 0 Å². The zero-order valence-corrected chi connectivity index (χ0v) is 17.0. The standard InChI is InChI=1S/C19H24F2N4O3S/c1-29(27,28)18-11-14(20)17(10-15(18)21)23-16-4-2-3-7-25(19(16)26)13-5-8-24(12-22)9-6-13/h10-11,13,16,23H,2-9H2,1H3/t16-/m0/s1. The molecule has 0 bridgehead atoms. The van der Waals surface area contributed by atoms with Crippen LogP contribution in [0.4, 0.5) is 14.5 Å². The Morgan fingerprint density at radius 1 is 1.10 bits per heavy atom. The summed E-state index contributed by atoms with van der Waals surface area (Å²) in [6, 6.07) is 0.733. The van der Waals surface area contributed by atoms with E-state index >= 15 is 0 Å². The second kappa shape index (κ2) is 8.53. The Bertz CT molecular complexity index is 924. The van der Waals surface area contributed by atoms with Gasteiger partial charge in [0.1, 0.15) is 22.6 Å². The normalized spacial score (nSPS) is 21.6. The lowest BCUT2D eigenvalue weighted by Crippen LogP contribution is -2.50. The van der Waals surface area contributed by atoms with Crippen LogP contribution in [0, 0.1) is 23.1 Å². The smallest absolute Gasteiger partial charge is 0.245 e. The van der Waals surface area contributed by atoms with Gasteiger partial charge in [-0.25, -0.2) is 17.2 Å². The molecule has 2 aliphatic rings. The first kappa shape index (κ1) is 21.3. The molecule has 0 unspecified atom stereocenters. The Balaban J connectivity index is 1.77. The molecule has 2 aliphatic heterocycles. The largest absolute Gasteiger partial charge is 0.371 e. The van der Waals surface area contributed by atoms with Gasteiger partial charge >= 0.3 is 0 Å². The molecule has 2 saturated heterocycles. The zero-order valence-electron chi connectivity index (χ0n) is 16.2. The minimum atomic E-state index is -3.90. The maximum atomic E-state index is 14.4. The maximum absolute atomic E-state index is 14.4. The number of anilines is 1. The van der Waals surface area contributed by atoms with Gasteiger partial charge in [0.2, 0.25) is 5.91 Å². The summed E-state index contributed by atoms with van der Waals surface area (Å²) in [4.78, 5) is 15.8. The molecule has 29 heavy (non-hydrogen) atoms. The summed E-state index contributed by atoms with van der Waals surface area (Å²) in [5.41, 5.74) is -0.227. The van der Waals surface area contributed by atoms with E-state index in [0.29, 0.717) is 45.0 Å². The quantitative estimate of drug-likeness (QED) is 0.742. The van der Waals surface area contributed by atoms with Crippen LogP contribution in [-0.2, 0) is 14.6 Å². The molecule has 158 valence electrons. The fourth-order valence-corrected chi connectivity index (χ4v) is 4.68. The Labute approximate surface area is 169 Å². The van der Waals surface area contributed by atoms with Crippen molar-refractivity contribution in [2.24, 2.45) is 0 Å². The number of carbonyl (C=O) groups excluding carboxylic acids is 1. The van der Waals surface area contributed by atoms with Crippen LogP contribution in [0.3, 0.4) is 0 Å². The van der Waals surface area contributed by atoms with Crippen molar-refractivity contribution in [3.8, 4) is 6.19 Å². The van der Waals surface area contributed by atoms with Crippen molar-refractivity contribution in [1.82, 2.24) is 9.80 Å². The Morgan fingerprint density at radius 3 is 2.41 bits per heavy atom. The highest BCUT2D eigenvalue weighted by Gasteiger charge is 2.34.